The molecule has 0 fully saturated rings. The van der Waals surface area contributed by atoms with Crippen molar-refractivity contribution in [2.75, 3.05) is 20.8 Å². The highest BCUT2D eigenvalue weighted by atomic mass is 35.5. The molecule has 5 nitrogen and oxygen atoms in total. The van der Waals surface area contributed by atoms with Crippen molar-refractivity contribution in [3.8, 4) is 11.5 Å². The molecule has 0 atom stereocenters. The van der Waals surface area contributed by atoms with E-state index in [2.05, 4.69) is 13.8 Å². The Balaban J connectivity index is 2.15. The number of amides is 1. The number of furan rings is 1. The first kappa shape index (κ1) is 20.2. The van der Waals surface area contributed by atoms with Gasteiger partial charge in [-0.25, -0.2) is 0 Å². The van der Waals surface area contributed by atoms with Crippen molar-refractivity contribution in [1.29, 1.82) is 0 Å². The SMILES string of the molecule is COc1cc(C(=O)N(C)Cc2ccc(C)o2)cc(Cl)c1OCCC(C)C. The van der Waals surface area contributed by atoms with Gasteiger partial charge in [0.2, 0.25) is 0 Å². The van der Waals surface area contributed by atoms with Crippen LogP contribution in [0.1, 0.15) is 42.1 Å². The first-order valence-electron chi connectivity index (χ1n) is 8.63. The number of ether oxygens (including phenoxy) is 2. The predicted octanol–water partition coefficient (Wildman–Crippen LogP) is 4.95. The van der Waals surface area contributed by atoms with Crippen molar-refractivity contribution in [2.24, 2.45) is 5.92 Å². The van der Waals surface area contributed by atoms with Gasteiger partial charge in [-0.3, -0.25) is 4.79 Å². The zero-order chi connectivity index (χ0) is 19.3. The quantitative estimate of drug-likeness (QED) is 0.651. The van der Waals surface area contributed by atoms with Gasteiger partial charge in [0.25, 0.3) is 5.91 Å². The molecule has 1 aromatic heterocycles. The summed E-state index contributed by atoms with van der Waals surface area (Å²) in [6, 6.07) is 7.00. The molecule has 0 N–H and O–H groups in total. The zero-order valence-corrected chi connectivity index (χ0v) is 16.7. The van der Waals surface area contributed by atoms with E-state index in [9.17, 15) is 4.79 Å². The Morgan fingerprint density at radius 3 is 2.62 bits per heavy atom. The Hall–Kier alpha value is -2.14. The van der Waals surface area contributed by atoms with Gasteiger partial charge in [-0.1, -0.05) is 25.4 Å². The van der Waals surface area contributed by atoms with Crippen LogP contribution < -0.4 is 9.47 Å². The second-order valence-corrected chi connectivity index (χ2v) is 7.10. The molecule has 6 heteroatoms. The summed E-state index contributed by atoms with van der Waals surface area (Å²) in [6.07, 6.45) is 0.908. The van der Waals surface area contributed by atoms with E-state index in [4.69, 9.17) is 25.5 Å². The number of carbonyl (C=O) groups excluding carboxylic acids is 1. The van der Waals surface area contributed by atoms with Crippen LogP contribution >= 0.6 is 11.6 Å². The molecule has 0 bridgehead atoms. The van der Waals surface area contributed by atoms with Gasteiger partial charge in [-0.05, 0) is 43.5 Å². The summed E-state index contributed by atoms with van der Waals surface area (Å²) in [5.74, 6) is 2.81. The third kappa shape index (κ3) is 5.18. The fraction of sp³-hybridized carbons (Fsp3) is 0.450. The Labute approximate surface area is 159 Å². The van der Waals surface area contributed by atoms with Gasteiger partial charge in [-0.15, -0.1) is 0 Å². The molecule has 1 heterocycles. The molecule has 0 aliphatic carbocycles. The second-order valence-electron chi connectivity index (χ2n) is 6.69. The van der Waals surface area contributed by atoms with E-state index in [1.165, 1.54) is 7.11 Å². The highest BCUT2D eigenvalue weighted by Crippen LogP contribution is 2.37. The molecular formula is C20H26ClNO4. The summed E-state index contributed by atoms with van der Waals surface area (Å²) in [6.45, 7) is 7.03. The van der Waals surface area contributed by atoms with Gasteiger partial charge in [-0.2, -0.15) is 0 Å². The van der Waals surface area contributed by atoms with Crippen LogP contribution in [0, 0.1) is 12.8 Å². The molecule has 0 radical (unpaired) electrons. The molecule has 142 valence electrons. The van der Waals surface area contributed by atoms with E-state index in [0.717, 1.165) is 17.9 Å². The molecule has 0 aliphatic rings. The number of nitrogens with zero attached hydrogens (tertiary/aromatic N) is 1. The standard InChI is InChI=1S/C20H26ClNO4/c1-13(2)8-9-25-19-17(21)10-15(11-18(19)24-5)20(23)22(4)12-16-7-6-14(3)26-16/h6-7,10-11,13H,8-9,12H2,1-5H3. The van der Waals surface area contributed by atoms with Gasteiger partial charge >= 0.3 is 0 Å². The molecule has 1 amide bonds. The van der Waals surface area contributed by atoms with Gasteiger partial charge in [0.15, 0.2) is 11.5 Å². The van der Waals surface area contributed by atoms with Crippen molar-refractivity contribution >= 4 is 17.5 Å². The lowest BCUT2D eigenvalue weighted by Crippen LogP contribution is -2.26. The molecule has 0 saturated carbocycles. The minimum atomic E-state index is -0.173. The lowest BCUT2D eigenvalue weighted by atomic mass is 10.1. The molecule has 0 saturated heterocycles. The van der Waals surface area contributed by atoms with Crippen molar-refractivity contribution < 1.29 is 18.7 Å². The summed E-state index contributed by atoms with van der Waals surface area (Å²) >= 11 is 6.35. The number of aryl methyl sites for hydroxylation is 1. The number of hydrogen-bond acceptors (Lipinski definition) is 4. The van der Waals surface area contributed by atoms with Crippen molar-refractivity contribution in [2.45, 2.75) is 33.7 Å². The molecule has 1 aromatic carbocycles. The number of rotatable bonds is 8. The molecule has 2 rings (SSSR count). The minimum absolute atomic E-state index is 0.173. The smallest absolute Gasteiger partial charge is 0.254 e. The number of methoxy groups -OCH3 is 1. The summed E-state index contributed by atoms with van der Waals surface area (Å²) in [5.41, 5.74) is 0.439. The first-order valence-corrected chi connectivity index (χ1v) is 9.00. The van der Waals surface area contributed by atoms with Crippen LogP contribution in [-0.4, -0.2) is 31.6 Å². The Morgan fingerprint density at radius 2 is 2.04 bits per heavy atom. The van der Waals surface area contributed by atoms with Gasteiger partial charge in [0, 0.05) is 12.6 Å². The summed E-state index contributed by atoms with van der Waals surface area (Å²) in [7, 11) is 3.25. The van der Waals surface area contributed by atoms with Crippen LogP contribution in [0.15, 0.2) is 28.7 Å². The van der Waals surface area contributed by atoms with E-state index in [1.807, 2.05) is 19.1 Å². The van der Waals surface area contributed by atoms with Gasteiger partial charge in [0.05, 0.1) is 25.3 Å². The second kappa shape index (κ2) is 8.99. The maximum atomic E-state index is 12.7. The van der Waals surface area contributed by atoms with Crippen molar-refractivity contribution in [1.82, 2.24) is 4.90 Å². The maximum absolute atomic E-state index is 12.7. The summed E-state index contributed by atoms with van der Waals surface area (Å²) in [5, 5.41) is 0.360. The monoisotopic (exact) mass is 379 g/mol. The van der Waals surface area contributed by atoms with Crippen LogP contribution in [0.3, 0.4) is 0 Å². The molecule has 0 aliphatic heterocycles. The largest absolute Gasteiger partial charge is 0.493 e. The number of benzene rings is 1. The van der Waals surface area contributed by atoms with Gasteiger partial charge < -0.3 is 18.8 Å². The van der Waals surface area contributed by atoms with E-state index in [1.54, 1.807) is 24.1 Å². The van der Waals surface area contributed by atoms with Gasteiger partial charge in [0.1, 0.15) is 11.5 Å². The van der Waals surface area contributed by atoms with Crippen LogP contribution in [-0.2, 0) is 6.54 Å². The fourth-order valence-corrected chi connectivity index (χ4v) is 2.74. The Morgan fingerprint density at radius 1 is 1.31 bits per heavy atom. The third-order valence-corrected chi connectivity index (χ3v) is 4.23. The molecule has 26 heavy (non-hydrogen) atoms. The van der Waals surface area contributed by atoms with Crippen LogP contribution in [0.25, 0.3) is 0 Å². The average Bonchev–Trinajstić information content (AvgIpc) is 2.99. The Bertz CT molecular complexity index is 754. The lowest BCUT2D eigenvalue weighted by Gasteiger charge is -2.18. The highest BCUT2D eigenvalue weighted by molar-refractivity contribution is 6.32. The highest BCUT2D eigenvalue weighted by Gasteiger charge is 2.19. The van der Waals surface area contributed by atoms with E-state index in [-0.39, 0.29) is 5.91 Å². The average molecular weight is 380 g/mol. The van der Waals surface area contributed by atoms with Crippen molar-refractivity contribution in [3.63, 3.8) is 0 Å². The topological polar surface area (TPSA) is 51.9 Å². The van der Waals surface area contributed by atoms with E-state index in [0.29, 0.717) is 41.2 Å². The summed E-state index contributed by atoms with van der Waals surface area (Å²) in [4.78, 5) is 14.3. The molecular weight excluding hydrogens is 354 g/mol. The zero-order valence-electron chi connectivity index (χ0n) is 16.0. The number of carbonyl (C=O) groups is 1. The van der Waals surface area contributed by atoms with Crippen LogP contribution in [0.5, 0.6) is 11.5 Å². The van der Waals surface area contributed by atoms with Crippen molar-refractivity contribution in [3.05, 3.63) is 46.4 Å². The Kier molecular flexibility index (Phi) is 6.98. The third-order valence-electron chi connectivity index (χ3n) is 3.95. The predicted molar refractivity (Wildman–Crippen MR) is 102 cm³/mol. The summed E-state index contributed by atoms with van der Waals surface area (Å²) < 4.78 is 16.7. The number of halogens is 1. The normalized spacial score (nSPS) is 10.9. The molecule has 0 unspecified atom stereocenters. The van der Waals surface area contributed by atoms with Crippen LogP contribution in [0.4, 0.5) is 0 Å². The molecule has 2 aromatic rings. The van der Waals surface area contributed by atoms with E-state index < -0.39 is 0 Å². The minimum Gasteiger partial charge on any atom is -0.493 e. The lowest BCUT2D eigenvalue weighted by molar-refractivity contribution is 0.0774. The van der Waals surface area contributed by atoms with E-state index >= 15 is 0 Å². The molecule has 0 spiro atoms. The maximum Gasteiger partial charge on any atom is 0.254 e. The number of hydrogen-bond donors (Lipinski definition) is 0. The van der Waals surface area contributed by atoms with Crippen LogP contribution in [0.2, 0.25) is 5.02 Å². The fourth-order valence-electron chi connectivity index (χ4n) is 2.48. The first-order chi connectivity index (χ1) is 12.3.